The zero-order chi connectivity index (χ0) is 14.8. The number of aryl methyl sites for hydroxylation is 3. The maximum absolute atomic E-state index is 4.33. The fraction of sp³-hybridized carbons (Fsp3) is 0.500. The van der Waals surface area contributed by atoms with Crippen molar-refractivity contribution < 1.29 is 0 Å². The summed E-state index contributed by atoms with van der Waals surface area (Å²) in [4.78, 5) is 0. The number of nitrogens with one attached hydrogen (secondary N) is 1. The molecule has 0 bridgehead atoms. The van der Waals surface area contributed by atoms with E-state index in [2.05, 4.69) is 59.3 Å². The lowest BCUT2D eigenvalue weighted by molar-refractivity contribution is 0.618. The van der Waals surface area contributed by atoms with Crippen molar-refractivity contribution in [1.82, 2.24) is 14.9 Å². The summed E-state index contributed by atoms with van der Waals surface area (Å²) in [6.45, 7) is 6.53. The van der Waals surface area contributed by atoms with E-state index in [1.54, 1.807) is 11.8 Å². The van der Waals surface area contributed by atoms with Gasteiger partial charge in [-0.15, -0.1) is 10.2 Å². The van der Waals surface area contributed by atoms with Crippen LogP contribution in [0.2, 0.25) is 0 Å². The van der Waals surface area contributed by atoms with Crippen LogP contribution < -0.4 is 5.43 Å². The van der Waals surface area contributed by atoms with Crippen LogP contribution >= 0.6 is 11.8 Å². The summed E-state index contributed by atoms with van der Waals surface area (Å²) in [7, 11) is 0. The van der Waals surface area contributed by atoms with E-state index >= 15 is 0 Å². The van der Waals surface area contributed by atoms with E-state index in [0.29, 0.717) is 6.04 Å². The molecule has 0 saturated carbocycles. The van der Waals surface area contributed by atoms with Gasteiger partial charge in [0.2, 0.25) is 5.16 Å². The topological polar surface area (TPSA) is 42.7 Å². The van der Waals surface area contributed by atoms with Crippen LogP contribution in [0.25, 0.3) is 0 Å². The molecule has 1 aromatic heterocycles. The summed E-state index contributed by atoms with van der Waals surface area (Å²) in [6.07, 6.45) is 3.31. The third-order valence-electron chi connectivity index (χ3n) is 3.92. The third kappa shape index (κ3) is 2.93. The summed E-state index contributed by atoms with van der Waals surface area (Å²) in [6, 6.07) is 7.00. The van der Waals surface area contributed by atoms with Crippen LogP contribution in [0.1, 0.15) is 48.3 Å². The number of thioether (sulfide) groups is 1. The fourth-order valence-electron chi connectivity index (χ4n) is 2.75. The molecular weight excluding hydrogens is 280 g/mol. The fourth-order valence-corrected chi connectivity index (χ4v) is 3.70. The van der Waals surface area contributed by atoms with Gasteiger partial charge in [0.05, 0.1) is 6.04 Å². The number of hydrogen-bond donors (Lipinski definition) is 1. The lowest BCUT2D eigenvalue weighted by atomic mass is 10.0. The molecule has 3 rings (SSSR count). The van der Waals surface area contributed by atoms with Gasteiger partial charge in [-0.1, -0.05) is 48.9 Å². The third-order valence-corrected chi connectivity index (χ3v) is 4.94. The highest BCUT2D eigenvalue weighted by Crippen LogP contribution is 2.31. The Labute approximate surface area is 130 Å². The lowest BCUT2D eigenvalue weighted by Crippen LogP contribution is -2.29. The Morgan fingerprint density at radius 1 is 1.33 bits per heavy atom. The van der Waals surface area contributed by atoms with Gasteiger partial charge in [-0.3, -0.25) is 0 Å². The number of aromatic nitrogens is 3. The van der Waals surface area contributed by atoms with Crippen molar-refractivity contribution >= 4 is 11.8 Å². The molecule has 1 aliphatic rings. The molecule has 2 aromatic rings. The molecule has 1 unspecified atom stereocenters. The average Bonchev–Trinajstić information content (AvgIpc) is 2.87. The minimum atomic E-state index is 0.319. The van der Waals surface area contributed by atoms with Crippen molar-refractivity contribution in [3.63, 3.8) is 0 Å². The van der Waals surface area contributed by atoms with Crippen LogP contribution in [0, 0.1) is 13.8 Å². The lowest BCUT2D eigenvalue weighted by Gasteiger charge is -2.27. The molecule has 5 heteroatoms. The van der Waals surface area contributed by atoms with Crippen molar-refractivity contribution in [2.24, 2.45) is 0 Å². The second-order valence-electron chi connectivity index (χ2n) is 5.69. The summed E-state index contributed by atoms with van der Waals surface area (Å²) in [5.74, 6) is 2.05. The van der Waals surface area contributed by atoms with E-state index in [0.717, 1.165) is 29.6 Å². The molecule has 112 valence electrons. The van der Waals surface area contributed by atoms with Crippen molar-refractivity contribution in [2.75, 3.05) is 11.2 Å². The highest BCUT2D eigenvalue weighted by atomic mass is 32.2. The predicted molar refractivity (Wildman–Crippen MR) is 87.4 cm³/mol. The summed E-state index contributed by atoms with van der Waals surface area (Å²) in [5.41, 5.74) is 7.63. The van der Waals surface area contributed by atoms with Gasteiger partial charge < -0.3 is 5.43 Å². The second-order valence-corrected chi connectivity index (χ2v) is 6.68. The van der Waals surface area contributed by atoms with Gasteiger partial charge in [0.1, 0.15) is 0 Å². The Morgan fingerprint density at radius 3 is 2.95 bits per heavy atom. The quantitative estimate of drug-likeness (QED) is 0.936. The van der Waals surface area contributed by atoms with Crippen LogP contribution in [0.3, 0.4) is 0 Å². The zero-order valence-electron chi connectivity index (χ0n) is 12.9. The number of unbranched alkanes of at least 4 members (excludes halogenated alkanes) is 1. The molecular formula is C16H22N4S. The molecule has 0 saturated heterocycles. The number of nitrogens with zero attached hydrogens (tertiary/aromatic N) is 3. The van der Waals surface area contributed by atoms with Crippen LogP contribution in [-0.2, 0) is 6.42 Å². The first kappa shape index (κ1) is 14.4. The standard InChI is InChI=1S/C16H22N4S/c1-4-5-6-15-17-18-16-20(15)19-14(10-21-16)13-8-7-11(2)9-12(13)3/h7-9,14,19H,4-6,10H2,1-3H3. The monoisotopic (exact) mass is 302 g/mol. The minimum absolute atomic E-state index is 0.319. The first-order valence-corrected chi connectivity index (χ1v) is 8.58. The maximum Gasteiger partial charge on any atom is 0.210 e. The van der Waals surface area contributed by atoms with Gasteiger partial charge in [0, 0.05) is 12.2 Å². The first-order chi connectivity index (χ1) is 10.2. The average molecular weight is 302 g/mol. The molecule has 0 spiro atoms. The molecule has 1 atom stereocenters. The molecule has 21 heavy (non-hydrogen) atoms. The molecule has 1 N–H and O–H groups in total. The van der Waals surface area contributed by atoms with Gasteiger partial charge in [-0.25, -0.2) is 4.68 Å². The molecule has 0 amide bonds. The van der Waals surface area contributed by atoms with Gasteiger partial charge >= 0.3 is 0 Å². The number of hydrogen-bond acceptors (Lipinski definition) is 4. The van der Waals surface area contributed by atoms with E-state index in [9.17, 15) is 0 Å². The second kappa shape index (κ2) is 6.10. The number of rotatable bonds is 4. The Morgan fingerprint density at radius 2 is 2.19 bits per heavy atom. The molecule has 0 fully saturated rings. The van der Waals surface area contributed by atoms with E-state index < -0.39 is 0 Å². The molecule has 1 aliphatic heterocycles. The molecule has 1 aromatic carbocycles. The van der Waals surface area contributed by atoms with Gasteiger partial charge in [-0.05, 0) is 31.4 Å². The van der Waals surface area contributed by atoms with Crippen molar-refractivity contribution in [2.45, 2.75) is 51.2 Å². The molecule has 0 aliphatic carbocycles. The summed E-state index contributed by atoms with van der Waals surface area (Å²) >= 11 is 1.79. The van der Waals surface area contributed by atoms with Crippen LogP contribution in [0.5, 0.6) is 0 Å². The van der Waals surface area contributed by atoms with E-state index in [1.165, 1.54) is 23.1 Å². The SMILES string of the molecule is CCCCc1nnc2n1NC(c1ccc(C)cc1C)CS2. The van der Waals surface area contributed by atoms with Gasteiger partial charge in [-0.2, -0.15) is 0 Å². The van der Waals surface area contributed by atoms with E-state index in [4.69, 9.17) is 0 Å². The van der Waals surface area contributed by atoms with E-state index in [1.807, 2.05) is 0 Å². The van der Waals surface area contributed by atoms with Crippen LogP contribution in [0.15, 0.2) is 23.4 Å². The molecule has 4 nitrogen and oxygen atoms in total. The van der Waals surface area contributed by atoms with Crippen LogP contribution in [0.4, 0.5) is 0 Å². The Bertz CT molecular complexity index is 635. The van der Waals surface area contributed by atoms with E-state index in [-0.39, 0.29) is 0 Å². The Balaban J connectivity index is 1.84. The number of benzene rings is 1. The van der Waals surface area contributed by atoms with Crippen LogP contribution in [-0.4, -0.2) is 20.6 Å². The first-order valence-electron chi connectivity index (χ1n) is 7.60. The molecule has 2 heterocycles. The van der Waals surface area contributed by atoms with Gasteiger partial charge in [0.25, 0.3) is 0 Å². The largest absolute Gasteiger partial charge is 0.314 e. The van der Waals surface area contributed by atoms with Gasteiger partial charge in [0.15, 0.2) is 5.82 Å². The predicted octanol–water partition coefficient (Wildman–Crippen LogP) is 3.63. The molecule has 0 radical (unpaired) electrons. The zero-order valence-corrected chi connectivity index (χ0v) is 13.7. The van der Waals surface area contributed by atoms with Crippen molar-refractivity contribution in [3.05, 3.63) is 40.7 Å². The number of fused-ring (bicyclic) bond motifs is 1. The summed E-state index contributed by atoms with van der Waals surface area (Å²) < 4.78 is 2.09. The highest BCUT2D eigenvalue weighted by molar-refractivity contribution is 7.99. The summed E-state index contributed by atoms with van der Waals surface area (Å²) in [5, 5.41) is 9.61. The highest BCUT2D eigenvalue weighted by Gasteiger charge is 2.24. The maximum atomic E-state index is 4.33. The smallest absolute Gasteiger partial charge is 0.210 e. The normalized spacial score (nSPS) is 17.4. The minimum Gasteiger partial charge on any atom is -0.314 e. The Hall–Kier alpha value is -1.49. The Kier molecular flexibility index (Phi) is 4.19. The van der Waals surface area contributed by atoms with Crippen molar-refractivity contribution in [1.29, 1.82) is 0 Å². The van der Waals surface area contributed by atoms with Crippen molar-refractivity contribution in [3.8, 4) is 0 Å².